The van der Waals surface area contributed by atoms with E-state index in [2.05, 4.69) is 47.6 Å². The lowest BCUT2D eigenvalue weighted by atomic mass is 10.2. The SMILES string of the molecule is C=CC(=O)N1CC[C@H](Oc2nc(Nc3ncc(C)s3)cc3c2ccn3CC(C)C)C1. The third-order valence-corrected chi connectivity index (χ3v) is 5.89. The number of nitrogens with zero attached hydrogens (tertiary/aromatic N) is 4. The van der Waals surface area contributed by atoms with Crippen LogP contribution in [0.15, 0.2) is 37.2 Å². The van der Waals surface area contributed by atoms with Crippen LogP contribution in [-0.2, 0) is 11.3 Å². The number of carbonyl (C=O) groups is 1. The number of likely N-dealkylation sites (tertiary alicyclic amines) is 1. The van der Waals surface area contributed by atoms with Crippen molar-refractivity contribution in [3.05, 3.63) is 42.1 Å². The number of aryl methyl sites for hydroxylation is 1. The minimum atomic E-state index is -0.0876. The van der Waals surface area contributed by atoms with Crippen molar-refractivity contribution in [2.75, 3.05) is 18.4 Å². The van der Waals surface area contributed by atoms with Crippen LogP contribution in [0.2, 0.25) is 0 Å². The monoisotopic (exact) mass is 425 g/mol. The Kier molecular flexibility index (Phi) is 5.76. The van der Waals surface area contributed by atoms with Gasteiger partial charge in [-0.05, 0) is 25.0 Å². The molecule has 0 unspecified atom stereocenters. The van der Waals surface area contributed by atoms with Gasteiger partial charge in [0.1, 0.15) is 11.9 Å². The van der Waals surface area contributed by atoms with Crippen molar-refractivity contribution < 1.29 is 9.53 Å². The molecule has 1 N–H and O–H groups in total. The van der Waals surface area contributed by atoms with E-state index >= 15 is 0 Å². The molecule has 30 heavy (non-hydrogen) atoms. The number of hydrogen-bond donors (Lipinski definition) is 1. The third-order valence-electron chi connectivity index (χ3n) is 5.06. The van der Waals surface area contributed by atoms with E-state index in [-0.39, 0.29) is 12.0 Å². The minimum absolute atomic E-state index is 0.0585. The van der Waals surface area contributed by atoms with Crippen molar-refractivity contribution in [1.29, 1.82) is 0 Å². The summed E-state index contributed by atoms with van der Waals surface area (Å²) in [5, 5.41) is 5.09. The molecule has 1 atom stereocenters. The fraction of sp³-hybridized carbons (Fsp3) is 0.409. The van der Waals surface area contributed by atoms with Crippen molar-refractivity contribution in [2.24, 2.45) is 5.92 Å². The van der Waals surface area contributed by atoms with Crippen LogP contribution in [0.3, 0.4) is 0 Å². The number of amides is 1. The maximum atomic E-state index is 11.9. The molecule has 1 saturated heterocycles. The van der Waals surface area contributed by atoms with E-state index in [0.29, 0.717) is 30.7 Å². The van der Waals surface area contributed by atoms with E-state index in [9.17, 15) is 4.79 Å². The van der Waals surface area contributed by atoms with Crippen molar-refractivity contribution in [3.8, 4) is 5.88 Å². The quantitative estimate of drug-likeness (QED) is 0.569. The van der Waals surface area contributed by atoms with Crippen molar-refractivity contribution in [2.45, 2.75) is 39.8 Å². The first-order chi connectivity index (χ1) is 14.4. The highest BCUT2D eigenvalue weighted by molar-refractivity contribution is 7.15. The predicted molar refractivity (Wildman–Crippen MR) is 121 cm³/mol. The van der Waals surface area contributed by atoms with Crippen LogP contribution in [0.25, 0.3) is 10.9 Å². The largest absolute Gasteiger partial charge is 0.472 e. The topological polar surface area (TPSA) is 72.3 Å². The molecular weight excluding hydrogens is 398 g/mol. The molecule has 3 aromatic heterocycles. The molecule has 158 valence electrons. The van der Waals surface area contributed by atoms with Crippen molar-refractivity contribution in [3.63, 3.8) is 0 Å². The summed E-state index contributed by atoms with van der Waals surface area (Å²) in [6.45, 7) is 12.1. The summed E-state index contributed by atoms with van der Waals surface area (Å²) in [5.41, 5.74) is 1.07. The molecule has 0 bridgehead atoms. The summed E-state index contributed by atoms with van der Waals surface area (Å²) in [6, 6.07) is 4.10. The standard InChI is InChI=1S/C22H27N5O2S/c1-5-20(28)27-8-6-16(13-27)29-21-17-7-9-26(12-14(2)3)18(17)10-19(24-21)25-22-23-11-15(4)30-22/h5,7,9-11,14,16H,1,6,8,12-13H2,2-4H3,(H,23,24,25)/t16-/m0/s1. The molecule has 1 aliphatic rings. The predicted octanol–water partition coefficient (Wildman–Crippen LogP) is 4.37. The fourth-order valence-corrected chi connectivity index (χ4v) is 4.37. The molecule has 3 aromatic rings. The highest BCUT2D eigenvalue weighted by atomic mass is 32.1. The Balaban J connectivity index is 1.65. The average molecular weight is 426 g/mol. The van der Waals surface area contributed by atoms with E-state index < -0.39 is 0 Å². The van der Waals surface area contributed by atoms with E-state index in [4.69, 9.17) is 9.72 Å². The zero-order valence-corrected chi connectivity index (χ0v) is 18.4. The Bertz CT molecular complexity index is 1070. The Hall–Kier alpha value is -2.87. The summed E-state index contributed by atoms with van der Waals surface area (Å²) < 4.78 is 8.54. The van der Waals surface area contributed by atoms with Crippen LogP contribution in [0, 0.1) is 12.8 Å². The molecule has 8 heteroatoms. The number of hydrogen-bond acceptors (Lipinski definition) is 6. The maximum Gasteiger partial charge on any atom is 0.246 e. The number of pyridine rings is 1. The zero-order valence-electron chi connectivity index (χ0n) is 17.6. The zero-order chi connectivity index (χ0) is 21.3. The normalized spacial score (nSPS) is 16.4. The van der Waals surface area contributed by atoms with Gasteiger partial charge in [0.05, 0.1) is 17.4 Å². The molecule has 1 amide bonds. The first-order valence-electron chi connectivity index (χ1n) is 10.2. The van der Waals surface area contributed by atoms with E-state index in [0.717, 1.165) is 33.9 Å². The van der Waals surface area contributed by atoms with Gasteiger partial charge in [-0.15, -0.1) is 11.3 Å². The van der Waals surface area contributed by atoms with Gasteiger partial charge in [0, 0.05) is 42.8 Å². The second-order valence-corrected chi connectivity index (χ2v) is 9.26. The molecule has 0 aliphatic carbocycles. The number of anilines is 2. The van der Waals surface area contributed by atoms with Crippen LogP contribution < -0.4 is 10.1 Å². The number of rotatable bonds is 7. The van der Waals surface area contributed by atoms with Crippen molar-refractivity contribution >= 4 is 39.1 Å². The van der Waals surface area contributed by atoms with E-state index in [1.54, 1.807) is 16.2 Å². The second kappa shape index (κ2) is 8.47. The van der Waals surface area contributed by atoms with Gasteiger partial charge in [0.25, 0.3) is 0 Å². The molecule has 0 radical (unpaired) electrons. The molecular formula is C22H27N5O2S. The maximum absolute atomic E-state index is 11.9. The highest BCUT2D eigenvalue weighted by Crippen LogP contribution is 2.32. The first-order valence-corrected chi connectivity index (χ1v) is 11.0. The molecule has 7 nitrogen and oxygen atoms in total. The first kappa shape index (κ1) is 20.4. The number of nitrogens with one attached hydrogen (secondary N) is 1. The lowest BCUT2D eigenvalue weighted by Gasteiger charge is -2.17. The molecule has 0 aromatic carbocycles. The Labute approximate surface area is 180 Å². The van der Waals surface area contributed by atoms with Gasteiger partial charge in [-0.25, -0.2) is 4.98 Å². The molecule has 0 saturated carbocycles. The smallest absolute Gasteiger partial charge is 0.246 e. The summed E-state index contributed by atoms with van der Waals surface area (Å²) in [6.07, 6.45) is 5.97. The molecule has 1 fully saturated rings. The number of thiazole rings is 1. The molecule has 0 spiro atoms. The lowest BCUT2D eigenvalue weighted by molar-refractivity contribution is -0.125. The van der Waals surface area contributed by atoms with Gasteiger partial charge in [0.15, 0.2) is 5.13 Å². The van der Waals surface area contributed by atoms with Gasteiger partial charge in [-0.1, -0.05) is 20.4 Å². The summed E-state index contributed by atoms with van der Waals surface area (Å²) in [7, 11) is 0. The van der Waals surface area contributed by atoms with Crippen LogP contribution >= 0.6 is 11.3 Å². The fourth-order valence-electron chi connectivity index (χ4n) is 3.70. The second-order valence-electron chi connectivity index (χ2n) is 8.03. The molecule has 4 rings (SSSR count). The Morgan fingerprint density at radius 3 is 3.03 bits per heavy atom. The number of ether oxygens (including phenoxy) is 1. The number of carbonyl (C=O) groups excluding carboxylic acids is 1. The third kappa shape index (κ3) is 4.33. The van der Waals surface area contributed by atoms with Gasteiger partial charge in [-0.2, -0.15) is 4.98 Å². The van der Waals surface area contributed by atoms with Crippen LogP contribution in [0.4, 0.5) is 10.9 Å². The van der Waals surface area contributed by atoms with Gasteiger partial charge in [-0.3, -0.25) is 4.79 Å². The molecule has 1 aliphatic heterocycles. The Morgan fingerprint density at radius 1 is 1.50 bits per heavy atom. The van der Waals surface area contributed by atoms with Crippen molar-refractivity contribution in [1.82, 2.24) is 19.4 Å². The number of fused-ring (bicyclic) bond motifs is 1. The molecule has 4 heterocycles. The van der Waals surface area contributed by atoms with E-state index in [1.165, 1.54) is 6.08 Å². The van der Waals surface area contributed by atoms with Gasteiger partial charge < -0.3 is 19.5 Å². The Morgan fingerprint density at radius 2 is 2.33 bits per heavy atom. The van der Waals surface area contributed by atoms with Crippen LogP contribution in [-0.4, -0.2) is 44.5 Å². The summed E-state index contributed by atoms with van der Waals surface area (Å²) in [5.74, 6) is 1.75. The van der Waals surface area contributed by atoms with Gasteiger partial charge in [0.2, 0.25) is 11.8 Å². The highest BCUT2D eigenvalue weighted by Gasteiger charge is 2.27. The summed E-state index contributed by atoms with van der Waals surface area (Å²) >= 11 is 1.59. The summed E-state index contributed by atoms with van der Waals surface area (Å²) in [4.78, 5) is 23.9. The minimum Gasteiger partial charge on any atom is -0.472 e. The van der Waals surface area contributed by atoms with Crippen LogP contribution in [0.1, 0.15) is 25.1 Å². The van der Waals surface area contributed by atoms with Gasteiger partial charge >= 0.3 is 0 Å². The van der Waals surface area contributed by atoms with E-state index in [1.807, 2.05) is 19.2 Å². The average Bonchev–Trinajstić information content (AvgIpc) is 3.42. The van der Waals surface area contributed by atoms with Crippen LogP contribution in [0.5, 0.6) is 5.88 Å². The lowest BCUT2D eigenvalue weighted by Crippen LogP contribution is -2.29. The number of aromatic nitrogens is 3.